The van der Waals surface area contributed by atoms with Crippen molar-refractivity contribution in [1.29, 1.82) is 0 Å². The van der Waals surface area contributed by atoms with Crippen molar-refractivity contribution in [3.05, 3.63) is 54.1 Å². The Morgan fingerprint density at radius 2 is 2.10 bits per heavy atom. The predicted molar refractivity (Wildman–Crippen MR) is 67.6 cm³/mol. The van der Waals surface area contributed by atoms with Gasteiger partial charge in [-0.1, -0.05) is 6.07 Å². The van der Waals surface area contributed by atoms with Crippen LogP contribution >= 0.6 is 0 Å². The van der Waals surface area contributed by atoms with Crippen LogP contribution in [0.15, 0.2) is 21.7 Å². The molecule has 0 spiro atoms. The summed E-state index contributed by atoms with van der Waals surface area (Å²) in [7, 11) is 0. The Morgan fingerprint density at radius 1 is 1.45 bits per heavy atom. The second kappa shape index (κ2) is 4.59. The van der Waals surface area contributed by atoms with Crippen molar-refractivity contribution in [2.24, 2.45) is 5.84 Å². The van der Waals surface area contributed by atoms with Crippen molar-refractivity contribution in [1.82, 2.24) is 15.1 Å². The predicted octanol–water partition coefficient (Wildman–Crippen LogP) is -1.36. The van der Waals surface area contributed by atoms with Gasteiger partial charge in [-0.2, -0.15) is 0 Å². The third-order valence-corrected chi connectivity index (χ3v) is 2.77. The molecule has 10 heteroatoms. The van der Waals surface area contributed by atoms with Gasteiger partial charge in [-0.25, -0.2) is 16.0 Å². The number of hydrogen-bond donors (Lipinski definition) is 3. The number of nitro groups is 1. The number of benzene rings is 1. The van der Waals surface area contributed by atoms with Crippen LogP contribution in [0.3, 0.4) is 0 Å². The number of carbonyl (C=O) groups is 1. The third kappa shape index (κ3) is 1.83. The number of rotatable bonds is 2. The first kappa shape index (κ1) is 13.4. The zero-order chi connectivity index (χ0) is 15.0. The maximum atomic E-state index is 11.7. The molecule has 1 heterocycles. The van der Waals surface area contributed by atoms with Crippen molar-refractivity contribution >= 4 is 16.9 Å². The van der Waals surface area contributed by atoms with Crippen molar-refractivity contribution < 1.29 is 9.83 Å². The summed E-state index contributed by atoms with van der Waals surface area (Å²) in [4.78, 5) is 47.8. The largest absolute Gasteiger partial charge is 0.377 e. The molecule has 20 heavy (non-hydrogen) atoms. The Morgan fingerprint density at radius 3 is 2.65 bits per heavy atom. The summed E-state index contributed by atoms with van der Waals surface area (Å²) in [6, 6.07) is 2.67. The van der Waals surface area contributed by atoms with Crippen LogP contribution in [0.1, 0.15) is 15.9 Å². The van der Waals surface area contributed by atoms with E-state index < -0.39 is 22.1 Å². The molecule has 1 amide bonds. The molecule has 0 aliphatic heterocycles. The van der Waals surface area contributed by atoms with Gasteiger partial charge in [0.05, 0.1) is 11.1 Å². The molecule has 0 fully saturated rings. The van der Waals surface area contributed by atoms with Crippen molar-refractivity contribution in [3.63, 3.8) is 0 Å². The van der Waals surface area contributed by atoms with Crippen molar-refractivity contribution in [3.8, 4) is 0 Å². The number of nitrogens with two attached hydrogens (primary N) is 1. The molecule has 0 saturated carbocycles. The summed E-state index contributed by atoms with van der Waals surface area (Å²) in [6.07, 6.45) is 0. The summed E-state index contributed by atoms with van der Waals surface area (Å²) in [5, 5.41) is 9.89. The van der Waals surface area contributed by atoms with Crippen LogP contribution in [0, 0.1) is 17.0 Å². The first-order chi connectivity index (χ1) is 9.38. The number of amides is 1. The van der Waals surface area contributed by atoms with Gasteiger partial charge in [0.1, 0.15) is 5.52 Å². The molecule has 4 N–H and O–H groups in total. The lowest BCUT2D eigenvalue weighted by atomic mass is 10.1. The summed E-state index contributed by atoms with van der Waals surface area (Å²) < 4.78 is 0.0842. The minimum Gasteiger partial charge on any atom is -0.315 e. The molecule has 0 atom stereocenters. The normalized spacial score (nSPS) is 10.5. The van der Waals surface area contributed by atoms with E-state index in [0.29, 0.717) is 5.56 Å². The molecule has 10 nitrogen and oxygen atoms in total. The zero-order valence-corrected chi connectivity index (χ0v) is 10.2. The van der Waals surface area contributed by atoms with E-state index in [9.17, 15) is 24.5 Å². The maximum Gasteiger partial charge on any atom is 0.377 e. The van der Waals surface area contributed by atoms with Gasteiger partial charge < -0.3 is 4.98 Å². The molecule has 0 radical (unpaired) electrons. The number of nitrogen functional groups attached to an aromatic ring is 1. The number of aromatic amines is 1. The summed E-state index contributed by atoms with van der Waals surface area (Å²) in [5.74, 6) is 4.30. The van der Waals surface area contributed by atoms with Crippen LogP contribution in [0.4, 0.5) is 0 Å². The Labute approximate surface area is 109 Å². The van der Waals surface area contributed by atoms with E-state index in [1.54, 1.807) is 6.92 Å². The third-order valence-electron chi connectivity index (χ3n) is 2.77. The van der Waals surface area contributed by atoms with Crippen molar-refractivity contribution in [2.45, 2.75) is 6.92 Å². The van der Waals surface area contributed by atoms with Crippen LogP contribution in [0.25, 0.3) is 11.0 Å². The lowest BCUT2D eigenvalue weighted by molar-refractivity contribution is -0.540. The Hall–Kier alpha value is -3.01. The lowest BCUT2D eigenvalue weighted by Gasteiger charge is -2.08. The second-order valence-electron chi connectivity index (χ2n) is 3.93. The van der Waals surface area contributed by atoms with E-state index in [-0.39, 0.29) is 21.3 Å². The zero-order valence-electron chi connectivity index (χ0n) is 10.2. The van der Waals surface area contributed by atoms with E-state index >= 15 is 0 Å². The molecule has 1 aromatic carbocycles. The molecular weight excluding hydrogens is 270 g/mol. The molecule has 0 unspecified atom stereocenters. The molecule has 2 aromatic rings. The van der Waals surface area contributed by atoms with Gasteiger partial charge in [0.2, 0.25) is 0 Å². The van der Waals surface area contributed by atoms with E-state index in [1.807, 2.05) is 5.43 Å². The van der Waals surface area contributed by atoms with Gasteiger partial charge in [0.15, 0.2) is 5.03 Å². The highest BCUT2D eigenvalue weighted by Crippen LogP contribution is 2.18. The van der Waals surface area contributed by atoms with Gasteiger partial charge in [0.25, 0.3) is 5.91 Å². The second-order valence-corrected chi connectivity index (χ2v) is 3.93. The molecule has 0 aliphatic rings. The molecule has 0 bridgehead atoms. The fourth-order valence-corrected chi connectivity index (χ4v) is 1.90. The number of hydrogen-bond acceptors (Lipinski definition) is 6. The number of aryl methyl sites for hydroxylation is 1. The number of nitrogens with zero attached hydrogens (tertiary/aromatic N) is 2. The first-order valence-corrected chi connectivity index (χ1v) is 5.32. The average molecular weight is 279 g/mol. The smallest absolute Gasteiger partial charge is 0.315 e. The highest BCUT2D eigenvalue weighted by atomic mass is 16.7. The quantitative estimate of drug-likeness (QED) is 0.203. The van der Waals surface area contributed by atoms with Gasteiger partial charge in [-0.15, -0.1) is 0 Å². The molecule has 0 saturated heterocycles. The number of H-pyrrole nitrogens is 1. The highest BCUT2D eigenvalue weighted by Gasteiger charge is 2.21. The first-order valence-electron chi connectivity index (χ1n) is 5.32. The fraction of sp³-hybridized carbons (Fsp3) is 0.100. The van der Waals surface area contributed by atoms with E-state index in [4.69, 9.17) is 5.84 Å². The minimum absolute atomic E-state index is 0.0438. The van der Waals surface area contributed by atoms with Crippen LogP contribution in [0.5, 0.6) is 0 Å². The van der Waals surface area contributed by atoms with Gasteiger partial charge in [-0.05, 0) is 23.2 Å². The van der Waals surface area contributed by atoms with Crippen LogP contribution in [-0.4, -0.2) is 20.6 Å². The number of carbonyl (C=O) groups excluding carboxylic acids is 1. The van der Waals surface area contributed by atoms with Crippen LogP contribution in [0.2, 0.25) is 0 Å². The van der Waals surface area contributed by atoms with E-state index in [0.717, 1.165) is 0 Å². The summed E-state index contributed by atoms with van der Waals surface area (Å²) >= 11 is 0. The lowest BCUT2D eigenvalue weighted by Crippen LogP contribution is -2.40. The maximum absolute atomic E-state index is 11.7. The summed E-state index contributed by atoms with van der Waals surface area (Å²) in [6.45, 7) is 1.56. The average Bonchev–Trinajstić information content (AvgIpc) is 2.39. The Kier molecular flexibility index (Phi) is 3.08. The van der Waals surface area contributed by atoms with E-state index in [1.165, 1.54) is 12.1 Å². The van der Waals surface area contributed by atoms with E-state index in [2.05, 4.69) is 4.98 Å². The van der Waals surface area contributed by atoms with Crippen LogP contribution < -0.4 is 22.4 Å². The minimum atomic E-state index is -1.34. The number of hydrazine groups is 1. The fourth-order valence-electron chi connectivity index (χ4n) is 1.90. The standard InChI is InChI=1S/C10H9N5O5/c1-4-2-3-5-7(6(4)8(16)13-11)12-9(17)10(18)14(5)15(19)20/h2-3H,11H2,1H3,(H,12,17)(H,13,16). The van der Waals surface area contributed by atoms with Gasteiger partial charge in [0, 0.05) is 0 Å². The molecule has 0 aliphatic carbocycles. The van der Waals surface area contributed by atoms with Crippen molar-refractivity contribution in [2.75, 3.05) is 0 Å². The summed E-state index contributed by atoms with van der Waals surface area (Å²) in [5.41, 5.74) is -0.610. The molecule has 2 rings (SSSR count). The van der Waals surface area contributed by atoms with Crippen LogP contribution in [-0.2, 0) is 0 Å². The Balaban J connectivity index is 3.09. The number of aromatic nitrogens is 2. The topological polar surface area (TPSA) is 153 Å². The SMILES string of the molecule is Cc1ccc2c([nH]c(=O)c(=O)n2[N+](=O)[O-])c1C(=O)NN. The molecule has 1 aromatic heterocycles. The highest BCUT2D eigenvalue weighted by molar-refractivity contribution is 6.05. The van der Waals surface area contributed by atoms with Gasteiger partial charge >= 0.3 is 11.1 Å². The monoisotopic (exact) mass is 279 g/mol. The molecular formula is C10H9N5O5. The number of fused-ring (bicyclic) bond motifs is 1. The molecule has 104 valence electrons. The van der Waals surface area contributed by atoms with Gasteiger partial charge in [-0.3, -0.25) is 19.8 Å². The number of nitrogens with one attached hydrogen (secondary N) is 2. The Bertz CT molecular complexity index is 849.